The number of aldehydes is 1. The highest BCUT2D eigenvalue weighted by Gasteiger charge is 2.24. The van der Waals surface area contributed by atoms with Crippen LogP contribution < -0.4 is 9.47 Å². The van der Waals surface area contributed by atoms with Gasteiger partial charge in [-0.3, -0.25) is 4.79 Å². The molecule has 0 N–H and O–H groups in total. The fraction of sp³-hybridized carbons (Fsp3) is 0.250. The number of hydrogen-bond acceptors (Lipinski definition) is 3. The first kappa shape index (κ1) is 16.2. The monoisotopic (exact) mass is 326 g/mol. The lowest BCUT2D eigenvalue weighted by molar-refractivity contribution is -0.104. The van der Waals surface area contributed by atoms with Crippen molar-refractivity contribution in [1.82, 2.24) is 0 Å². The van der Waals surface area contributed by atoms with E-state index in [4.69, 9.17) is 9.47 Å². The van der Waals surface area contributed by atoms with Gasteiger partial charge in [0.25, 0.3) is 0 Å². The summed E-state index contributed by atoms with van der Waals surface area (Å²) in [6, 6.07) is 8.23. The van der Waals surface area contributed by atoms with Gasteiger partial charge in [-0.25, -0.2) is 4.39 Å². The van der Waals surface area contributed by atoms with E-state index < -0.39 is 0 Å². The molecule has 0 spiro atoms. The standard InChI is InChI=1S/C20H19FO3/c1-13(2)17-12-18-20(24-11-10-23-18)19(16(17)4-3-9-22)14-5-7-15(21)8-6-14/h3-9,12-13H,10-11H2,1-2H3. The Morgan fingerprint density at radius 1 is 1.12 bits per heavy atom. The third-order valence-electron chi connectivity index (χ3n) is 4.00. The SMILES string of the molecule is CC(C)c1cc2c(c(-c3ccc(F)cc3)c1C=CC=O)OCCO2. The summed E-state index contributed by atoms with van der Waals surface area (Å²) in [6.07, 6.45) is 3.99. The van der Waals surface area contributed by atoms with Crippen LogP contribution in [0.5, 0.6) is 11.5 Å². The maximum atomic E-state index is 13.3. The molecule has 0 bridgehead atoms. The van der Waals surface area contributed by atoms with E-state index in [1.54, 1.807) is 18.2 Å². The zero-order chi connectivity index (χ0) is 17.1. The van der Waals surface area contributed by atoms with Crippen molar-refractivity contribution in [3.63, 3.8) is 0 Å². The Labute approximate surface area is 140 Å². The van der Waals surface area contributed by atoms with Crippen molar-refractivity contribution in [3.8, 4) is 22.6 Å². The molecule has 24 heavy (non-hydrogen) atoms. The van der Waals surface area contributed by atoms with Crippen LogP contribution in [0, 0.1) is 5.82 Å². The van der Waals surface area contributed by atoms with Crippen LogP contribution in [0.4, 0.5) is 4.39 Å². The molecule has 0 saturated heterocycles. The van der Waals surface area contributed by atoms with E-state index in [1.807, 2.05) is 6.07 Å². The lowest BCUT2D eigenvalue weighted by atomic mass is 9.88. The number of carbonyl (C=O) groups excluding carboxylic acids is 1. The number of ether oxygens (including phenoxy) is 2. The van der Waals surface area contributed by atoms with Crippen LogP contribution >= 0.6 is 0 Å². The number of benzene rings is 2. The van der Waals surface area contributed by atoms with Crippen molar-refractivity contribution < 1.29 is 18.7 Å². The van der Waals surface area contributed by atoms with Gasteiger partial charge in [-0.15, -0.1) is 0 Å². The number of carbonyl (C=O) groups is 1. The van der Waals surface area contributed by atoms with Crippen LogP contribution in [-0.4, -0.2) is 19.5 Å². The van der Waals surface area contributed by atoms with Gasteiger partial charge in [-0.1, -0.05) is 32.1 Å². The summed E-state index contributed by atoms with van der Waals surface area (Å²) < 4.78 is 25.0. The molecule has 4 heteroatoms. The Morgan fingerprint density at radius 3 is 2.50 bits per heavy atom. The van der Waals surface area contributed by atoms with Crippen molar-refractivity contribution in [2.45, 2.75) is 19.8 Å². The molecule has 2 aromatic carbocycles. The second-order valence-corrected chi connectivity index (χ2v) is 5.94. The molecule has 0 atom stereocenters. The van der Waals surface area contributed by atoms with Gasteiger partial charge >= 0.3 is 0 Å². The highest BCUT2D eigenvalue weighted by atomic mass is 19.1. The quantitative estimate of drug-likeness (QED) is 0.608. The lowest BCUT2D eigenvalue weighted by Crippen LogP contribution is -2.17. The molecule has 1 aliphatic heterocycles. The van der Waals surface area contributed by atoms with E-state index in [9.17, 15) is 9.18 Å². The van der Waals surface area contributed by atoms with Crippen molar-refractivity contribution in [3.05, 3.63) is 53.4 Å². The van der Waals surface area contributed by atoms with Gasteiger partial charge in [0, 0.05) is 5.56 Å². The van der Waals surface area contributed by atoms with Crippen LogP contribution in [0.1, 0.15) is 30.9 Å². The summed E-state index contributed by atoms with van der Waals surface area (Å²) >= 11 is 0. The first-order valence-electron chi connectivity index (χ1n) is 7.96. The van der Waals surface area contributed by atoms with Crippen LogP contribution in [0.15, 0.2) is 36.4 Å². The van der Waals surface area contributed by atoms with Crippen LogP contribution in [0.25, 0.3) is 17.2 Å². The Morgan fingerprint density at radius 2 is 1.83 bits per heavy atom. The Balaban J connectivity index is 2.32. The fourth-order valence-corrected chi connectivity index (χ4v) is 2.92. The van der Waals surface area contributed by atoms with Gasteiger partial charge in [0.1, 0.15) is 25.3 Å². The van der Waals surface area contributed by atoms with Crippen molar-refractivity contribution in [1.29, 1.82) is 0 Å². The predicted molar refractivity (Wildman–Crippen MR) is 92.0 cm³/mol. The minimum Gasteiger partial charge on any atom is -0.486 e. The Hall–Kier alpha value is -2.62. The van der Waals surface area contributed by atoms with Crippen LogP contribution in [-0.2, 0) is 4.79 Å². The number of allylic oxidation sites excluding steroid dienone is 1. The zero-order valence-corrected chi connectivity index (χ0v) is 13.7. The predicted octanol–water partition coefficient (Wildman–Crippen LogP) is 4.60. The third-order valence-corrected chi connectivity index (χ3v) is 4.00. The average molecular weight is 326 g/mol. The molecule has 0 fully saturated rings. The van der Waals surface area contributed by atoms with E-state index in [-0.39, 0.29) is 11.7 Å². The summed E-state index contributed by atoms with van der Waals surface area (Å²) in [4.78, 5) is 10.8. The molecule has 3 rings (SSSR count). The molecule has 124 valence electrons. The minimum atomic E-state index is -0.296. The van der Waals surface area contributed by atoms with Crippen molar-refractivity contribution >= 4 is 12.4 Å². The Kier molecular flexibility index (Phi) is 4.65. The second-order valence-electron chi connectivity index (χ2n) is 5.94. The molecule has 3 nitrogen and oxygen atoms in total. The van der Waals surface area contributed by atoms with Crippen LogP contribution in [0.2, 0.25) is 0 Å². The van der Waals surface area contributed by atoms with Gasteiger partial charge in [0.15, 0.2) is 11.5 Å². The number of hydrogen-bond donors (Lipinski definition) is 0. The Bertz CT molecular complexity index is 776. The first-order valence-corrected chi connectivity index (χ1v) is 7.96. The smallest absolute Gasteiger partial charge is 0.169 e. The highest BCUT2D eigenvalue weighted by molar-refractivity contribution is 5.88. The normalized spacial score (nSPS) is 13.5. The van der Waals surface area contributed by atoms with E-state index in [1.165, 1.54) is 18.2 Å². The third kappa shape index (κ3) is 3.04. The average Bonchev–Trinajstić information content (AvgIpc) is 2.59. The van der Waals surface area contributed by atoms with Gasteiger partial charge < -0.3 is 9.47 Å². The summed E-state index contributed by atoms with van der Waals surface area (Å²) in [5.74, 6) is 1.26. The summed E-state index contributed by atoms with van der Waals surface area (Å²) in [7, 11) is 0. The summed E-state index contributed by atoms with van der Waals surface area (Å²) in [6.45, 7) is 5.12. The van der Waals surface area contributed by atoms with Gasteiger partial charge in [-0.2, -0.15) is 0 Å². The first-order chi connectivity index (χ1) is 11.6. The van der Waals surface area contributed by atoms with Crippen molar-refractivity contribution in [2.24, 2.45) is 0 Å². The largest absolute Gasteiger partial charge is 0.486 e. The van der Waals surface area contributed by atoms with E-state index >= 15 is 0 Å². The molecule has 2 aromatic rings. The molecule has 1 aliphatic rings. The summed E-state index contributed by atoms with van der Waals surface area (Å²) in [5, 5.41) is 0. The topological polar surface area (TPSA) is 35.5 Å². The number of halogens is 1. The number of fused-ring (bicyclic) bond motifs is 1. The fourth-order valence-electron chi connectivity index (χ4n) is 2.92. The van der Waals surface area contributed by atoms with E-state index in [0.29, 0.717) is 24.7 Å². The van der Waals surface area contributed by atoms with Gasteiger partial charge in [0.05, 0.1) is 0 Å². The minimum absolute atomic E-state index is 0.228. The summed E-state index contributed by atoms with van der Waals surface area (Å²) in [5.41, 5.74) is 3.60. The highest BCUT2D eigenvalue weighted by Crippen LogP contribution is 2.46. The van der Waals surface area contributed by atoms with Crippen LogP contribution in [0.3, 0.4) is 0 Å². The van der Waals surface area contributed by atoms with E-state index in [2.05, 4.69) is 13.8 Å². The van der Waals surface area contributed by atoms with Crippen molar-refractivity contribution in [2.75, 3.05) is 13.2 Å². The molecule has 0 aliphatic carbocycles. The lowest BCUT2D eigenvalue weighted by Gasteiger charge is -2.26. The molecule has 0 amide bonds. The molecule has 0 saturated carbocycles. The molecular weight excluding hydrogens is 307 g/mol. The second kappa shape index (κ2) is 6.87. The van der Waals surface area contributed by atoms with Gasteiger partial charge in [0.2, 0.25) is 0 Å². The maximum Gasteiger partial charge on any atom is 0.169 e. The molecule has 0 radical (unpaired) electrons. The molecular formula is C20H19FO3. The maximum absolute atomic E-state index is 13.3. The zero-order valence-electron chi connectivity index (χ0n) is 13.7. The molecule has 1 heterocycles. The molecule has 0 aromatic heterocycles. The van der Waals surface area contributed by atoms with Gasteiger partial charge in [-0.05, 0) is 46.9 Å². The van der Waals surface area contributed by atoms with E-state index in [0.717, 1.165) is 28.5 Å². The number of rotatable bonds is 4. The molecule has 0 unspecified atom stereocenters.